The van der Waals surface area contributed by atoms with E-state index in [0.29, 0.717) is 23.4 Å². The number of carbonyl (C=O) groups excluding carboxylic acids is 1. The van der Waals surface area contributed by atoms with Crippen LogP contribution in [0.5, 0.6) is 5.75 Å². The summed E-state index contributed by atoms with van der Waals surface area (Å²) in [4.78, 5) is 16.7. The van der Waals surface area contributed by atoms with Crippen molar-refractivity contribution < 1.29 is 9.53 Å². The highest BCUT2D eigenvalue weighted by Crippen LogP contribution is 2.28. The fraction of sp³-hybridized carbons (Fsp3) is 0.455. The number of pyridine rings is 1. The number of nitrogens with one attached hydrogen (secondary N) is 2. The smallest absolute Gasteiger partial charge is 0.227 e. The SMILES string of the molecule is COc1cc(NC(=O)C2CCC(NCc3c(C)cnc(Cl)c3N)CC2)ccc1C. The van der Waals surface area contributed by atoms with Gasteiger partial charge in [0, 0.05) is 36.5 Å². The molecule has 4 N–H and O–H groups in total. The van der Waals surface area contributed by atoms with Crippen molar-refractivity contribution in [2.45, 2.75) is 52.1 Å². The molecule has 0 bridgehead atoms. The van der Waals surface area contributed by atoms with Gasteiger partial charge in [-0.25, -0.2) is 4.98 Å². The third-order valence-corrected chi connectivity index (χ3v) is 6.04. The second-order valence-electron chi connectivity index (χ2n) is 7.73. The molecule has 1 saturated carbocycles. The van der Waals surface area contributed by atoms with Gasteiger partial charge >= 0.3 is 0 Å². The first-order valence-corrected chi connectivity index (χ1v) is 10.3. The summed E-state index contributed by atoms with van der Waals surface area (Å²) in [6.45, 7) is 4.62. The second kappa shape index (κ2) is 9.46. The van der Waals surface area contributed by atoms with Crippen molar-refractivity contribution in [3.8, 4) is 5.75 Å². The van der Waals surface area contributed by atoms with E-state index < -0.39 is 0 Å². The van der Waals surface area contributed by atoms with Gasteiger partial charge in [-0.1, -0.05) is 17.7 Å². The Bertz CT molecular complexity index is 879. The number of benzene rings is 1. The number of aromatic nitrogens is 1. The number of hydrogen-bond acceptors (Lipinski definition) is 5. The van der Waals surface area contributed by atoms with Crippen LogP contribution in [-0.4, -0.2) is 24.0 Å². The number of ether oxygens (including phenoxy) is 1. The van der Waals surface area contributed by atoms with Gasteiger partial charge in [-0.3, -0.25) is 4.79 Å². The lowest BCUT2D eigenvalue weighted by molar-refractivity contribution is -0.120. The fourth-order valence-corrected chi connectivity index (χ4v) is 3.98. The van der Waals surface area contributed by atoms with Gasteiger partial charge in [0.25, 0.3) is 0 Å². The van der Waals surface area contributed by atoms with E-state index in [1.165, 1.54) is 0 Å². The maximum Gasteiger partial charge on any atom is 0.227 e. The van der Waals surface area contributed by atoms with Crippen LogP contribution < -0.4 is 21.1 Å². The number of methoxy groups -OCH3 is 1. The number of nitrogens with two attached hydrogens (primary N) is 1. The number of aryl methyl sites for hydroxylation is 2. The van der Waals surface area contributed by atoms with Gasteiger partial charge in [0.1, 0.15) is 5.75 Å². The Hall–Kier alpha value is -2.31. The molecule has 1 aromatic heterocycles. The zero-order valence-electron chi connectivity index (χ0n) is 17.2. The fourth-order valence-electron chi connectivity index (χ4n) is 3.82. The number of carbonyl (C=O) groups is 1. The Morgan fingerprint density at radius 3 is 2.66 bits per heavy atom. The van der Waals surface area contributed by atoms with Gasteiger partial charge in [-0.05, 0) is 62.3 Å². The monoisotopic (exact) mass is 416 g/mol. The first kappa shape index (κ1) is 21.4. The van der Waals surface area contributed by atoms with Crippen LogP contribution in [0.4, 0.5) is 11.4 Å². The van der Waals surface area contributed by atoms with E-state index in [4.69, 9.17) is 22.1 Å². The van der Waals surface area contributed by atoms with Crippen LogP contribution >= 0.6 is 11.6 Å². The molecule has 0 aliphatic heterocycles. The Kier molecular flexibility index (Phi) is 6.98. The molecule has 1 amide bonds. The molecule has 6 nitrogen and oxygen atoms in total. The predicted octanol–water partition coefficient (Wildman–Crippen LogP) is 4.23. The Morgan fingerprint density at radius 2 is 1.97 bits per heavy atom. The lowest BCUT2D eigenvalue weighted by Crippen LogP contribution is -2.36. The van der Waals surface area contributed by atoms with Crippen LogP contribution in [0.1, 0.15) is 42.4 Å². The number of amides is 1. The van der Waals surface area contributed by atoms with Crippen molar-refractivity contribution in [1.82, 2.24) is 10.3 Å². The van der Waals surface area contributed by atoms with Gasteiger partial charge in [-0.2, -0.15) is 0 Å². The number of anilines is 2. The summed E-state index contributed by atoms with van der Waals surface area (Å²) in [7, 11) is 1.64. The number of rotatable bonds is 6. The van der Waals surface area contributed by atoms with Gasteiger partial charge < -0.3 is 21.1 Å². The second-order valence-corrected chi connectivity index (χ2v) is 8.09. The lowest BCUT2D eigenvalue weighted by Gasteiger charge is -2.29. The number of hydrogen-bond donors (Lipinski definition) is 3. The van der Waals surface area contributed by atoms with Crippen LogP contribution in [0, 0.1) is 19.8 Å². The number of nitrogen functional groups attached to an aromatic ring is 1. The molecule has 0 saturated heterocycles. The molecule has 3 rings (SSSR count). The van der Waals surface area contributed by atoms with E-state index in [-0.39, 0.29) is 11.8 Å². The molecule has 0 atom stereocenters. The van der Waals surface area contributed by atoms with Crippen molar-refractivity contribution in [1.29, 1.82) is 0 Å². The minimum atomic E-state index is 0.0301. The maximum atomic E-state index is 12.7. The van der Waals surface area contributed by atoms with Crippen molar-refractivity contribution >= 4 is 28.9 Å². The van der Waals surface area contributed by atoms with Crippen molar-refractivity contribution in [3.63, 3.8) is 0 Å². The van der Waals surface area contributed by atoms with Crippen LogP contribution in [0.3, 0.4) is 0 Å². The molecular weight excluding hydrogens is 388 g/mol. The van der Waals surface area contributed by atoms with Crippen LogP contribution in [-0.2, 0) is 11.3 Å². The molecule has 1 aliphatic carbocycles. The minimum Gasteiger partial charge on any atom is -0.496 e. The van der Waals surface area contributed by atoms with Crippen LogP contribution in [0.2, 0.25) is 5.15 Å². The van der Waals surface area contributed by atoms with E-state index in [0.717, 1.165) is 53.8 Å². The van der Waals surface area contributed by atoms with Crippen molar-refractivity contribution in [2.75, 3.05) is 18.2 Å². The topological polar surface area (TPSA) is 89.3 Å². The van der Waals surface area contributed by atoms with Crippen LogP contribution in [0.15, 0.2) is 24.4 Å². The van der Waals surface area contributed by atoms with E-state index in [2.05, 4.69) is 15.6 Å². The van der Waals surface area contributed by atoms with Gasteiger partial charge in [0.05, 0.1) is 12.8 Å². The molecular formula is C22H29ClN4O2. The van der Waals surface area contributed by atoms with Gasteiger partial charge in [0.15, 0.2) is 5.15 Å². The summed E-state index contributed by atoms with van der Waals surface area (Å²) in [5.41, 5.74) is 10.5. The molecule has 0 radical (unpaired) electrons. The summed E-state index contributed by atoms with van der Waals surface area (Å²) in [6.07, 6.45) is 5.37. The third-order valence-electron chi connectivity index (χ3n) is 5.74. The average Bonchev–Trinajstić information content (AvgIpc) is 2.72. The third kappa shape index (κ3) is 5.19. The zero-order valence-corrected chi connectivity index (χ0v) is 18.0. The van der Waals surface area contributed by atoms with Crippen molar-refractivity contribution in [3.05, 3.63) is 46.2 Å². The largest absolute Gasteiger partial charge is 0.496 e. The Morgan fingerprint density at radius 1 is 1.24 bits per heavy atom. The highest BCUT2D eigenvalue weighted by atomic mass is 35.5. The average molecular weight is 417 g/mol. The Labute approximate surface area is 177 Å². The first-order valence-electron chi connectivity index (χ1n) is 9.97. The zero-order chi connectivity index (χ0) is 21.0. The molecule has 0 spiro atoms. The molecule has 0 unspecified atom stereocenters. The highest BCUT2D eigenvalue weighted by molar-refractivity contribution is 6.32. The molecule has 1 aromatic carbocycles. The molecule has 1 fully saturated rings. The Balaban J connectivity index is 1.50. The first-order chi connectivity index (χ1) is 13.9. The molecule has 29 heavy (non-hydrogen) atoms. The lowest BCUT2D eigenvalue weighted by atomic mass is 9.85. The number of halogens is 1. The molecule has 156 valence electrons. The standard InChI is InChI=1S/C22H29ClN4O2/c1-13-4-7-17(10-19(13)29-3)27-22(28)15-5-8-16(9-6-15)25-12-18-14(2)11-26-21(23)20(18)24/h4,7,10-11,15-16,25H,5-6,8-9,12,24H2,1-3H3,(H,27,28). The highest BCUT2D eigenvalue weighted by Gasteiger charge is 2.26. The van der Waals surface area contributed by atoms with E-state index in [1.54, 1.807) is 13.3 Å². The van der Waals surface area contributed by atoms with Crippen LogP contribution in [0.25, 0.3) is 0 Å². The van der Waals surface area contributed by atoms with Crippen molar-refractivity contribution in [2.24, 2.45) is 5.92 Å². The number of nitrogens with zero attached hydrogens (tertiary/aromatic N) is 1. The van der Waals surface area contributed by atoms with Gasteiger partial charge in [-0.15, -0.1) is 0 Å². The molecule has 1 aliphatic rings. The summed E-state index contributed by atoms with van der Waals surface area (Å²) in [5, 5.41) is 6.94. The van der Waals surface area contributed by atoms with E-state index in [1.807, 2.05) is 32.0 Å². The maximum absolute atomic E-state index is 12.7. The summed E-state index contributed by atoms with van der Waals surface area (Å²) < 4.78 is 5.33. The van der Waals surface area contributed by atoms with E-state index >= 15 is 0 Å². The normalized spacial score (nSPS) is 19.0. The minimum absolute atomic E-state index is 0.0301. The molecule has 2 aromatic rings. The van der Waals surface area contributed by atoms with Gasteiger partial charge in [0.2, 0.25) is 5.91 Å². The summed E-state index contributed by atoms with van der Waals surface area (Å²) in [5.74, 6) is 0.888. The molecule has 1 heterocycles. The molecule has 7 heteroatoms. The summed E-state index contributed by atoms with van der Waals surface area (Å²) >= 11 is 6.04. The quantitative estimate of drug-likeness (QED) is 0.613. The predicted molar refractivity (Wildman–Crippen MR) is 117 cm³/mol. The summed E-state index contributed by atoms with van der Waals surface area (Å²) in [6, 6.07) is 6.10. The van der Waals surface area contributed by atoms with E-state index in [9.17, 15) is 4.79 Å².